The third-order valence-corrected chi connectivity index (χ3v) is 13.9. The van der Waals surface area contributed by atoms with E-state index in [9.17, 15) is 14.7 Å². The molecule has 2 fully saturated rings. The fraction of sp³-hybridized carbons (Fsp3) is 0.682. The molecule has 2 saturated carbocycles. The Morgan fingerprint density at radius 2 is 1.31 bits per heavy atom. The average Bonchev–Trinajstić information content (AvgIpc) is 3.03. The van der Waals surface area contributed by atoms with Crippen LogP contribution in [-0.2, 0) is 42.7 Å². The Hall–Kier alpha value is -2.66. The molecule has 5 heteroatoms. The Morgan fingerprint density at radius 3 is 1.88 bits per heavy atom. The standard InChI is InChI=1S/C44H62O5/c1-28(2)30-11-15-35-32(25-30)13-17-37-41(35,5)20-9-22-43(37,7)40(47)48-24-19-34(45)27-39(46)49-44(8)23-10-21-42(6)36-16-12-31(29(3)4)26-33(36)14-18-38(42)44/h11-12,15-16,25-26,28-29,34,37-38,45H,9-10,13-14,17-24,27H2,1-8H3. The third kappa shape index (κ3) is 6.51. The predicted molar refractivity (Wildman–Crippen MR) is 196 cm³/mol. The fourth-order valence-electron chi connectivity index (χ4n) is 11.1. The van der Waals surface area contributed by atoms with Crippen molar-refractivity contribution in [1.29, 1.82) is 0 Å². The molecule has 49 heavy (non-hydrogen) atoms. The summed E-state index contributed by atoms with van der Waals surface area (Å²) in [5.41, 5.74) is 7.26. The van der Waals surface area contributed by atoms with E-state index < -0.39 is 17.1 Å². The molecule has 0 radical (unpaired) electrons. The minimum Gasteiger partial charge on any atom is -0.465 e. The van der Waals surface area contributed by atoms with Gasteiger partial charge < -0.3 is 14.6 Å². The molecule has 268 valence electrons. The van der Waals surface area contributed by atoms with Crippen molar-refractivity contribution in [2.75, 3.05) is 6.61 Å². The van der Waals surface area contributed by atoms with Gasteiger partial charge in [-0.1, -0.05) is 84.4 Å². The van der Waals surface area contributed by atoms with Gasteiger partial charge in [0.2, 0.25) is 0 Å². The van der Waals surface area contributed by atoms with Crippen LogP contribution in [0.5, 0.6) is 0 Å². The number of carbonyl (C=O) groups excluding carboxylic acids is 2. The number of aliphatic hydroxyl groups excluding tert-OH is 1. The molecule has 2 aromatic carbocycles. The fourth-order valence-corrected chi connectivity index (χ4v) is 11.1. The molecule has 0 aromatic heterocycles. The van der Waals surface area contributed by atoms with Crippen LogP contribution < -0.4 is 0 Å². The van der Waals surface area contributed by atoms with Crippen LogP contribution in [0.25, 0.3) is 0 Å². The lowest BCUT2D eigenvalue weighted by atomic mass is 9.49. The zero-order valence-corrected chi connectivity index (χ0v) is 31.6. The van der Waals surface area contributed by atoms with Crippen molar-refractivity contribution in [2.24, 2.45) is 17.3 Å². The van der Waals surface area contributed by atoms with E-state index in [-0.39, 0.29) is 54.1 Å². The number of hydrogen-bond donors (Lipinski definition) is 1. The molecule has 1 N–H and O–H groups in total. The summed E-state index contributed by atoms with van der Waals surface area (Å²) in [6.45, 7) is 18.0. The van der Waals surface area contributed by atoms with E-state index in [2.05, 4.69) is 91.8 Å². The molecular weight excluding hydrogens is 608 g/mol. The second kappa shape index (κ2) is 13.5. The van der Waals surface area contributed by atoms with Crippen LogP contribution in [0.3, 0.4) is 0 Å². The van der Waals surface area contributed by atoms with Gasteiger partial charge in [-0.15, -0.1) is 0 Å². The van der Waals surface area contributed by atoms with Gasteiger partial charge >= 0.3 is 11.9 Å². The first-order chi connectivity index (χ1) is 23.1. The minimum absolute atomic E-state index is 0.0358. The summed E-state index contributed by atoms with van der Waals surface area (Å²) in [5.74, 6) is 0.932. The zero-order valence-electron chi connectivity index (χ0n) is 31.6. The normalized spacial score (nSPS) is 32.8. The highest BCUT2D eigenvalue weighted by molar-refractivity contribution is 5.77. The van der Waals surface area contributed by atoms with Crippen molar-refractivity contribution in [3.05, 3.63) is 69.8 Å². The number of ether oxygens (including phenoxy) is 2. The minimum atomic E-state index is -0.915. The van der Waals surface area contributed by atoms with Crippen molar-refractivity contribution in [1.82, 2.24) is 0 Å². The Labute approximate surface area is 295 Å². The summed E-state index contributed by atoms with van der Waals surface area (Å²) in [6, 6.07) is 14.0. The van der Waals surface area contributed by atoms with E-state index in [0.29, 0.717) is 11.8 Å². The van der Waals surface area contributed by atoms with E-state index in [1.807, 2.05) is 0 Å². The van der Waals surface area contributed by atoms with E-state index in [1.54, 1.807) is 0 Å². The maximum atomic E-state index is 13.8. The van der Waals surface area contributed by atoms with Crippen LogP contribution >= 0.6 is 0 Å². The van der Waals surface area contributed by atoms with Crippen LogP contribution in [0, 0.1) is 17.3 Å². The molecular formula is C44H62O5. The van der Waals surface area contributed by atoms with Gasteiger partial charge in [0.25, 0.3) is 0 Å². The summed E-state index contributed by atoms with van der Waals surface area (Å²) in [5, 5.41) is 10.9. The van der Waals surface area contributed by atoms with Gasteiger partial charge in [-0.3, -0.25) is 9.59 Å². The Balaban J connectivity index is 1.04. The lowest BCUT2D eigenvalue weighted by Gasteiger charge is -2.54. The number of hydrogen-bond acceptors (Lipinski definition) is 5. The SMILES string of the molecule is CC(C)c1ccc2c(c1)CCC1C(C)(OC(=O)CC(O)CCOC(=O)C3(C)CCCC4(C)c5ccc(C(C)C)cc5CCC34)CCCC21C. The van der Waals surface area contributed by atoms with Crippen molar-refractivity contribution < 1.29 is 24.2 Å². The summed E-state index contributed by atoms with van der Waals surface area (Å²) >= 11 is 0. The molecule has 0 amide bonds. The predicted octanol–water partition coefficient (Wildman–Crippen LogP) is 9.63. The second-order valence-electron chi connectivity index (χ2n) is 17.9. The van der Waals surface area contributed by atoms with Crippen LogP contribution in [0.15, 0.2) is 36.4 Å². The molecule has 0 heterocycles. The molecule has 2 aromatic rings. The number of aliphatic hydroxyl groups is 1. The topological polar surface area (TPSA) is 72.8 Å². The van der Waals surface area contributed by atoms with E-state index in [4.69, 9.17) is 9.47 Å². The van der Waals surface area contributed by atoms with Gasteiger partial charge in [-0.2, -0.15) is 0 Å². The molecule has 4 aliphatic rings. The van der Waals surface area contributed by atoms with Gasteiger partial charge in [0.05, 0.1) is 24.5 Å². The van der Waals surface area contributed by atoms with Crippen LogP contribution in [0.4, 0.5) is 0 Å². The quantitative estimate of drug-likeness (QED) is 0.269. The highest BCUT2D eigenvalue weighted by Crippen LogP contribution is 2.58. The number of esters is 2. The Bertz CT molecular complexity index is 1560. The van der Waals surface area contributed by atoms with Crippen molar-refractivity contribution in [2.45, 2.75) is 167 Å². The molecule has 7 unspecified atom stereocenters. The van der Waals surface area contributed by atoms with Crippen molar-refractivity contribution in [3.8, 4) is 0 Å². The van der Waals surface area contributed by atoms with Gasteiger partial charge in [0.15, 0.2) is 0 Å². The second-order valence-corrected chi connectivity index (χ2v) is 17.9. The Kier molecular flexibility index (Phi) is 9.94. The van der Waals surface area contributed by atoms with E-state index in [1.165, 1.54) is 33.4 Å². The largest absolute Gasteiger partial charge is 0.465 e. The summed E-state index contributed by atoms with van der Waals surface area (Å²) < 4.78 is 12.2. The number of rotatable bonds is 9. The first-order valence-corrected chi connectivity index (χ1v) is 19.4. The molecule has 0 spiro atoms. The lowest BCUT2D eigenvalue weighted by molar-refractivity contribution is -0.176. The molecule has 0 aliphatic heterocycles. The molecule has 4 aliphatic carbocycles. The molecule has 0 saturated heterocycles. The Morgan fingerprint density at radius 1 is 0.776 bits per heavy atom. The number of benzene rings is 2. The average molecular weight is 671 g/mol. The number of carbonyl (C=O) groups is 2. The maximum absolute atomic E-state index is 13.8. The summed E-state index contributed by atoms with van der Waals surface area (Å²) in [4.78, 5) is 27.1. The molecule has 7 atom stereocenters. The van der Waals surface area contributed by atoms with Crippen LogP contribution in [0.1, 0.15) is 165 Å². The van der Waals surface area contributed by atoms with Crippen LogP contribution in [0.2, 0.25) is 0 Å². The highest BCUT2D eigenvalue weighted by atomic mass is 16.6. The summed E-state index contributed by atoms with van der Waals surface area (Å²) in [7, 11) is 0. The smallest absolute Gasteiger partial charge is 0.312 e. The first kappa shape index (κ1) is 36.1. The highest BCUT2D eigenvalue weighted by Gasteiger charge is 2.56. The number of fused-ring (bicyclic) bond motifs is 6. The number of aryl methyl sites for hydroxylation is 2. The van der Waals surface area contributed by atoms with Gasteiger partial charge in [-0.05, 0) is 134 Å². The monoisotopic (exact) mass is 670 g/mol. The van der Waals surface area contributed by atoms with Gasteiger partial charge in [-0.25, -0.2) is 0 Å². The molecule has 0 bridgehead atoms. The molecule has 6 rings (SSSR count). The lowest BCUT2D eigenvalue weighted by Crippen LogP contribution is -2.55. The first-order valence-electron chi connectivity index (χ1n) is 19.4. The van der Waals surface area contributed by atoms with E-state index >= 15 is 0 Å². The van der Waals surface area contributed by atoms with Gasteiger partial charge in [0, 0.05) is 12.3 Å². The molecule has 5 nitrogen and oxygen atoms in total. The van der Waals surface area contributed by atoms with Crippen molar-refractivity contribution in [3.63, 3.8) is 0 Å². The maximum Gasteiger partial charge on any atom is 0.312 e. The third-order valence-electron chi connectivity index (χ3n) is 13.9. The zero-order chi connectivity index (χ0) is 35.4. The van der Waals surface area contributed by atoms with Gasteiger partial charge in [0.1, 0.15) is 5.60 Å². The summed E-state index contributed by atoms with van der Waals surface area (Å²) in [6.07, 6.45) is 9.03. The van der Waals surface area contributed by atoms with E-state index in [0.717, 1.165) is 64.2 Å². The van der Waals surface area contributed by atoms with Crippen LogP contribution in [-0.4, -0.2) is 35.4 Å². The van der Waals surface area contributed by atoms with Crippen molar-refractivity contribution >= 4 is 11.9 Å².